The summed E-state index contributed by atoms with van der Waals surface area (Å²) in [6.07, 6.45) is 5.31. The van der Waals surface area contributed by atoms with Crippen molar-refractivity contribution in [3.05, 3.63) is 41.5 Å². The van der Waals surface area contributed by atoms with Gasteiger partial charge in [0, 0.05) is 0 Å². The number of carbonyl (C=O) groups excluding carboxylic acids is 1. The molecule has 0 radical (unpaired) electrons. The molecule has 0 saturated carbocycles. The highest BCUT2D eigenvalue weighted by molar-refractivity contribution is 5.87. The molecule has 0 N–H and O–H groups in total. The van der Waals surface area contributed by atoms with Gasteiger partial charge in [-0.15, -0.1) is 0 Å². The summed E-state index contributed by atoms with van der Waals surface area (Å²) in [5, 5.41) is 0. The second-order valence-corrected chi connectivity index (χ2v) is 3.95. The van der Waals surface area contributed by atoms with Crippen molar-refractivity contribution in [1.29, 1.82) is 0 Å². The fourth-order valence-corrected chi connectivity index (χ4v) is 1.50. The van der Waals surface area contributed by atoms with Crippen LogP contribution in [0, 0.1) is 0 Å². The summed E-state index contributed by atoms with van der Waals surface area (Å²) >= 11 is 0. The first-order chi connectivity index (χ1) is 8.56. The standard InChI is InChI=1S/C15H18O3/c1-11(5-6-12(2)16)9-13-7-8-14(17-3)15(10-13)18-4/h5-10H,1-4H3/b6-5+,11-9+. The number of ether oxygens (including phenoxy) is 2. The molecule has 0 bridgehead atoms. The molecule has 0 amide bonds. The van der Waals surface area contributed by atoms with Crippen LogP contribution in [0.1, 0.15) is 19.4 Å². The van der Waals surface area contributed by atoms with E-state index < -0.39 is 0 Å². The molecule has 0 aliphatic heterocycles. The van der Waals surface area contributed by atoms with Gasteiger partial charge >= 0.3 is 0 Å². The highest BCUT2D eigenvalue weighted by Crippen LogP contribution is 2.28. The molecule has 0 unspecified atom stereocenters. The number of allylic oxidation sites excluding steroid dienone is 3. The summed E-state index contributed by atoms with van der Waals surface area (Å²) in [4.78, 5) is 10.8. The predicted octanol–water partition coefficient (Wildman–Crippen LogP) is 3.25. The van der Waals surface area contributed by atoms with Gasteiger partial charge in [0.05, 0.1) is 14.2 Å². The van der Waals surface area contributed by atoms with Crippen LogP contribution in [0.25, 0.3) is 6.08 Å². The Hall–Kier alpha value is -2.03. The molecule has 1 aromatic rings. The molecule has 3 heteroatoms. The van der Waals surface area contributed by atoms with Crippen molar-refractivity contribution in [2.24, 2.45) is 0 Å². The second-order valence-electron chi connectivity index (χ2n) is 3.95. The Bertz CT molecular complexity index is 485. The lowest BCUT2D eigenvalue weighted by molar-refractivity contribution is -0.112. The van der Waals surface area contributed by atoms with Crippen LogP contribution in [0.15, 0.2) is 35.9 Å². The number of benzene rings is 1. The average molecular weight is 246 g/mol. The van der Waals surface area contributed by atoms with Crippen molar-refractivity contribution < 1.29 is 14.3 Å². The van der Waals surface area contributed by atoms with Crippen LogP contribution >= 0.6 is 0 Å². The zero-order valence-corrected chi connectivity index (χ0v) is 11.2. The first kappa shape index (κ1) is 14.0. The van der Waals surface area contributed by atoms with Gasteiger partial charge in [-0.3, -0.25) is 4.79 Å². The van der Waals surface area contributed by atoms with Crippen molar-refractivity contribution in [2.45, 2.75) is 13.8 Å². The van der Waals surface area contributed by atoms with Gasteiger partial charge in [0.15, 0.2) is 17.3 Å². The van der Waals surface area contributed by atoms with Crippen molar-refractivity contribution in [3.8, 4) is 11.5 Å². The van der Waals surface area contributed by atoms with Crippen LogP contribution in [0.4, 0.5) is 0 Å². The average Bonchev–Trinajstić information content (AvgIpc) is 2.36. The topological polar surface area (TPSA) is 35.5 Å². The second kappa shape index (κ2) is 6.64. The summed E-state index contributed by atoms with van der Waals surface area (Å²) in [5.74, 6) is 1.43. The third kappa shape index (κ3) is 4.09. The molecule has 18 heavy (non-hydrogen) atoms. The number of hydrogen-bond donors (Lipinski definition) is 0. The minimum atomic E-state index is 0.0371. The lowest BCUT2D eigenvalue weighted by Gasteiger charge is -2.07. The molecule has 0 aromatic heterocycles. The number of rotatable bonds is 5. The smallest absolute Gasteiger partial charge is 0.161 e. The van der Waals surface area contributed by atoms with Crippen LogP contribution in [-0.2, 0) is 4.79 Å². The molecule has 0 saturated heterocycles. The van der Waals surface area contributed by atoms with Gasteiger partial charge in [-0.05, 0) is 37.6 Å². The molecule has 1 aromatic carbocycles. The monoisotopic (exact) mass is 246 g/mol. The maximum Gasteiger partial charge on any atom is 0.161 e. The highest BCUT2D eigenvalue weighted by atomic mass is 16.5. The molecule has 1 rings (SSSR count). The van der Waals surface area contributed by atoms with Gasteiger partial charge in [-0.1, -0.05) is 23.8 Å². The zero-order chi connectivity index (χ0) is 13.5. The molecule has 0 aliphatic carbocycles. The third-order valence-electron chi connectivity index (χ3n) is 2.38. The quantitative estimate of drug-likeness (QED) is 0.591. The Morgan fingerprint density at radius 3 is 2.28 bits per heavy atom. The summed E-state index contributed by atoms with van der Waals surface area (Å²) in [5.41, 5.74) is 2.00. The summed E-state index contributed by atoms with van der Waals surface area (Å²) < 4.78 is 10.4. The number of carbonyl (C=O) groups is 1. The van der Waals surface area contributed by atoms with Crippen LogP contribution in [0.2, 0.25) is 0 Å². The molecule has 96 valence electrons. The van der Waals surface area contributed by atoms with Crippen molar-refractivity contribution >= 4 is 11.9 Å². The van der Waals surface area contributed by atoms with Gasteiger partial charge in [-0.2, -0.15) is 0 Å². The lowest BCUT2D eigenvalue weighted by atomic mass is 10.1. The SMILES string of the molecule is COc1ccc(/C=C(C)/C=C/C(C)=O)cc1OC. The third-order valence-corrected chi connectivity index (χ3v) is 2.38. The van der Waals surface area contributed by atoms with Crippen molar-refractivity contribution in [2.75, 3.05) is 14.2 Å². The fraction of sp³-hybridized carbons (Fsp3) is 0.267. The number of ketones is 1. The van der Waals surface area contributed by atoms with Crippen molar-refractivity contribution in [3.63, 3.8) is 0 Å². The Balaban J connectivity index is 2.97. The Morgan fingerprint density at radius 2 is 1.72 bits per heavy atom. The van der Waals surface area contributed by atoms with E-state index in [2.05, 4.69) is 0 Å². The van der Waals surface area contributed by atoms with Crippen LogP contribution in [0.5, 0.6) is 11.5 Å². The van der Waals surface area contributed by atoms with E-state index in [9.17, 15) is 4.79 Å². The van der Waals surface area contributed by atoms with E-state index in [-0.39, 0.29) is 5.78 Å². The van der Waals surface area contributed by atoms with Crippen molar-refractivity contribution in [1.82, 2.24) is 0 Å². The van der Waals surface area contributed by atoms with Gasteiger partial charge in [0.2, 0.25) is 0 Å². The molecular weight excluding hydrogens is 228 g/mol. The van der Waals surface area contributed by atoms with E-state index in [1.165, 1.54) is 6.92 Å². The molecule has 0 heterocycles. The van der Waals surface area contributed by atoms with E-state index in [1.807, 2.05) is 31.2 Å². The van der Waals surface area contributed by atoms with E-state index in [0.29, 0.717) is 11.5 Å². The summed E-state index contributed by atoms with van der Waals surface area (Å²) in [6, 6.07) is 5.68. The summed E-state index contributed by atoms with van der Waals surface area (Å²) in [7, 11) is 3.21. The predicted molar refractivity (Wildman–Crippen MR) is 73.0 cm³/mol. The maximum absolute atomic E-state index is 10.8. The molecule has 0 aliphatic rings. The van der Waals surface area contributed by atoms with E-state index >= 15 is 0 Å². The molecule has 0 spiro atoms. The lowest BCUT2D eigenvalue weighted by Crippen LogP contribution is -1.90. The maximum atomic E-state index is 10.8. The summed E-state index contributed by atoms with van der Waals surface area (Å²) in [6.45, 7) is 3.47. The Kier molecular flexibility index (Phi) is 5.18. The van der Waals surface area contributed by atoms with Gasteiger partial charge in [0.25, 0.3) is 0 Å². The van der Waals surface area contributed by atoms with E-state index in [1.54, 1.807) is 26.4 Å². The molecule has 3 nitrogen and oxygen atoms in total. The Labute approximate surface area is 108 Å². The first-order valence-corrected chi connectivity index (χ1v) is 5.65. The normalized spacial score (nSPS) is 11.7. The molecule has 0 fully saturated rings. The Morgan fingerprint density at radius 1 is 1.06 bits per heavy atom. The number of hydrogen-bond acceptors (Lipinski definition) is 3. The van der Waals surface area contributed by atoms with Gasteiger partial charge in [-0.25, -0.2) is 0 Å². The van der Waals surface area contributed by atoms with Gasteiger partial charge < -0.3 is 9.47 Å². The zero-order valence-electron chi connectivity index (χ0n) is 11.2. The van der Waals surface area contributed by atoms with E-state index in [0.717, 1.165) is 11.1 Å². The minimum Gasteiger partial charge on any atom is -0.493 e. The minimum absolute atomic E-state index is 0.0371. The highest BCUT2D eigenvalue weighted by Gasteiger charge is 2.02. The van der Waals surface area contributed by atoms with E-state index in [4.69, 9.17) is 9.47 Å². The first-order valence-electron chi connectivity index (χ1n) is 5.65. The largest absolute Gasteiger partial charge is 0.493 e. The van der Waals surface area contributed by atoms with Crippen LogP contribution < -0.4 is 9.47 Å². The van der Waals surface area contributed by atoms with Crippen LogP contribution in [-0.4, -0.2) is 20.0 Å². The molecular formula is C15H18O3. The fourth-order valence-electron chi connectivity index (χ4n) is 1.50. The number of methoxy groups -OCH3 is 2. The molecule has 0 atom stereocenters. The van der Waals surface area contributed by atoms with Gasteiger partial charge in [0.1, 0.15) is 0 Å². The van der Waals surface area contributed by atoms with Crippen LogP contribution in [0.3, 0.4) is 0 Å².